The lowest BCUT2D eigenvalue weighted by Gasteiger charge is -2.22. The molecule has 3 heteroatoms. The van der Waals surface area contributed by atoms with Gasteiger partial charge in [-0.05, 0) is 31.8 Å². The molecule has 0 fully saturated rings. The van der Waals surface area contributed by atoms with Gasteiger partial charge in [0.05, 0.1) is 6.61 Å². The van der Waals surface area contributed by atoms with Gasteiger partial charge in [-0.3, -0.25) is 0 Å². The second kappa shape index (κ2) is 5.37. The molecule has 1 N–H and O–H groups in total. The zero-order chi connectivity index (χ0) is 9.68. The minimum Gasteiger partial charge on any atom is -0.395 e. The van der Waals surface area contributed by atoms with Crippen molar-refractivity contribution in [3.8, 4) is 0 Å². The summed E-state index contributed by atoms with van der Waals surface area (Å²) < 4.78 is 0. The normalized spacial score (nSPS) is 13.5. The van der Waals surface area contributed by atoms with Gasteiger partial charge in [0.2, 0.25) is 0 Å². The predicted molar refractivity (Wildman–Crippen MR) is 57.2 cm³/mol. The number of hydrogen-bond acceptors (Lipinski definition) is 3. The van der Waals surface area contributed by atoms with Crippen LogP contribution in [-0.2, 0) is 6.42 Å². The Morgan fingerprint density at radius 1 is 1.62 bits per heavy atom. The zero-order valence-corrected chi connectivity index (χ0v) is 9.05. The van der Waals surface area contributed by atoms with Crippen molar-refractivity contribution in [1.82, 2.24) is 4.90 Å². The SMILES string of the molecule is CC(CO)N(C)CCc1cccs1. The topological polar surface area (TPSA) is 23.5 Å². The Morgan fingerprint density at radius 3 is 2.92 bits per heavy atom. The fourth-order valence-corrected chi connectivity index (χ4v) is 1.80. The third kappa shape index (κ3) is 3.46. The van der Waals surface area contributed by atoms with Crippen molar-refractivity contribution in [2.24, 2.45) is 0 Å². The number of aliphatic hydroxyl groups excluding tert-OH is 1. The molecule has 0 saturated heterocycles. The molecule has 0 amide bonds. The molecule has 1 rings (SSSR count). The quantitative estimate of drug-likeness (QED) is 0.778. The van der Waals surface area contributed by atoms with Gasteiger partial charge in [-0.25, -0.2) is 0 Å². The monoisotopic (exact) mass is 199 g/mol. The fourth-order valence-electron chi connectivity index (χ4n) is 1.10. The first kappa shape index (κ1) is 10.7. The van der Waals surface area contributed by atoms with E-state index in [4.69, 9.17) is 5.11 Å². The van der Waals surface area contributed by atoms with Crippen LogP contribution in [0.2, 0.25) is 0 Å². The number of nitrogens with zero attached hydrogens (tertiary/aromatic N) is 1. The van der Waals surface area contributed by atoms with Crippen LogP contribution < -0.4 is 0 Å². The van der Waals surface area contributed by atoms with Crippen molar-refractivity contribution in [2.75, 3.05) is 20.2 Å². The number of likely N-dealkylation sites (N-methyl/N-ethyl adjacent to an activating group) is 1. The summed E-state index contributed by atoms with van der Waals surface area (Å²) in [6.45, 7) is 3.29. The van der Waals surface area contributed by atoms with E-state index >= 15 is 0 Å². The van der Waals surface area contributed by atoms with Gasteiger partial charge in [-0.1, -0.05) is 6.07 Å². The molecule has 1 aromatic heterocycles. The van der Waals surface area contributed by atoms with Crippen molar-refractivity contribution in [3.05, 3.63) is 22.4 Å². The minimum atomic E-state index is 0.237. The summed E-state index contributed by atoms with van der Waals surface area (Å²) in [6.07, 6.45) is 1.08. The lowest BCUT2D eigenvalue weighted by molar-refractivity contribution is 0.160. The average molecular weight is 199 g/mol. The van der Waals surface area contributed by atoms with Gasteiger partial charge in [0.25, 0.3) is 0 Å². The van der Waals surface area contributed by atoms with Gasteiger partial charge >= 0.3 is 0 Å². The average Bonchev–Trinajstić information content (AvgIpc) is 2.65. The number of thiophene rings is 1. The van der Waals surface area contributed by atoms with Gasteiger partial charge < -0.3 is 10.0 Å². The summed E-state index contributed by atoms with van der Waals surface area (Å²) in [7, 11) is 2.05. The summed E-state index contributed by atoms with van der Waals surface area (Å²) in [5.74, 6) is 0. The van der Waals surface area contributed by atoms with Crippen LogP contribution in [0.3, 0.4) is 0 Å². The third-order valence-corrected chi connectivity index (χ3v) is 3.24. The minimum absolute atomic E-state index is 0.237. The maximum absolute atomic E-state index is 8.92. The number of aliphatic hydroxyl groups is 1. The first-order valence-electron chi connectivity index (χ1n) is 4.57. The Hall–Kier alpha value is -0.380. The van der Waals surface area contributed by atoms with E-state index in [1.807, 2.05) is 6.92 Å². The van der Waals surface area contributed by atoms with E-state index < -0.39 is 0 Å². The first-order valence-corrected chi connectivity index (χ1v) is 5.45. The molecule has 0 aliphatic rings. The highest BCUT2D eigenvalue weighted by atomic mass is 32.1. The van der Waals surface area contributed by atoms with Crippen LogP contribution in [0.15, 0.2) is 17.5 Å². The molecule has 1 aromatic rings. The van der Waals surface area contributed by atoms with Crippen molar-refractivity contribution < 1.29 is 5.11 Å². The third-order valence-electron chi connectivity index (χ3n) is 2.31. The zero-order valence-electron chi connectivity index (χ0n) is 8.23. The van der Waals surface area contributed by atoms with Crippen molar-refractivity contribution in [3.63, 3.8) is 0 Å². The Labute approximate surface area is 83.8 Å². The second-order valence-corrected chi connectivity index (χ2v) is 4.37. The molecule has 0 aliphatic carbocycles. The van der Waals surface area contributed by atoms with E-state index in [0.29, 0.717) is 0 Å². The fraction of sp³-hybridized carbons (Fsp3) is 0.600. The standard InChI is InChI=1S/C10H17NOS/c1-9(8-12)11(2)6-5-10-4-3-7-13-10/h3-4,7,9,12H,5-6,8H2,1-2H3. The Bertz CT molecular complexity index is 223. The van der Waals surface area contributed by atoms with Gasteiger partial charge in [0.15, 0.2) is 0 Å². The molecular weight excluding hydrogens is 182 g/mol. The highest BCUT2D eigenvalue weighted by Gasteiger charge is 2.06. The van der Waals surface area contributed by atoms with E-state index in [0.717, 1.165) is 13.0 Å². The van der Waals surface area contributed by atoms with Crippen molar-refractivity contribution in [2.45, 2.75) is 19.4 Å². The van der Waals surface area contributed by atoms with Crippen LogP contribution >= 0.6 is 11.3 Å². The predicted octanol–water partition coefficient (Wildman–Crippen LogP) is 1.60. The molecule has 74 valence electrons. The maximum atomic E-state index is 8.92. The molecule has 0 bridgehead atoms. The van der Waals surface area contributed by atoms with Gasteiger partial charge in [0.1, 0.15) is 0 Å². The number of hydrogen-bond donors (Lipinski definition) is 1. The van der Waals surface area contributed by atoms with Crippen LogP contribution in [0.4, 0.5) is 0 Å². The Morgan fingerprint density at radius 2 is 2.38 bits per heavy atom. The van der Waals surface area contributed by atoms with Crippen LogP contribution in [-0.4, -0.2) is 36.2 Å². The smallest absolute Gasteiger partial charge is 0.0584 e. The largest absolute Gasteiger partial charge is 0.395 e. The molecule has 0 aliphatic heterocycles. The summed E-state index contributed by atoms with van der Waals surface area (Å²) in [5.41, 5.74) is 0. The van der Waals surface area contributed by atoms with Crippen molar-refractivity contribution >= 4 is 11.3 Å². The van der Waals surface area contributed by atoms with Crippen LogP contribution in [0.5, 0.6) is 0 Å². The van der Waals surface area contributed by atoms with E-state index in [-0.39, 0.29) is 12.6 Å². The van der Waals surface area contributed by atoms with Gasteiger partial charge in [-0.2, -0.15) is 0 Å². The molecular formula is C10H17NOS. The van der Waals surface area contributed by atoms with Crippen molar-refractivity contribution in [1.29, 1.82) is 0 Å². The molecule has 1 heterocycles. The van der Waals surface area contributed by atoms with Crippen LogP contribution in [0.25, 0.3) is 0 Å². The highest BCUT2D eigenvalue weighted by Crippen LogP contribution is 2.09. The molecule has 13 heavy (non-hydrogen) atoms. The van der Waals surface area contributed by atoms with E-state index in [1.54, 1.807) is 11.3 Å². The molecule has 2 nitrogen and oxygen atoms in total. The van der Waals surface area contributed by atoms with Gasteiger partial charge in [-0.15, -0.1) is 11.3 Å². The summed E-state index contributed by atoms with van der Waals surface area (Å²) in [5, 5.41) is 11.0. The molecule has 0 radical (unpaired) electrons. The number of rotatable bonds is 5. The van der Waals surface area contributed by atoms with Crippen LogP contribution in [0, 0.1) is 0 Å². The van der Waals surface area contributed by atoms with Crippen LogP contribution in [0.1, 0.15) is 11.8 Å². The molecule has 0 spiro atoms. The first-order chi connectivity index (χ1) is 6.24. The second-order valence-electron chi connectivity index (χ2n) is 3.34. The van der Waals surface area contributed by atoms with Gasteiger partial charge in [0, 0.05) is 17.5 Å². The highest BCUT2D eigenvalue weighted by molar-refractivity contribution is 7.09. The Balaban J connectivity index is 2.26. The van der Waals surface area contributed by atoms with E-state index in [9.17, 15) is 0 Å². The molecule has 0 aromatic carbocycles. The maximum Gasteiger partial charge on any atom is 0.0584 e. The lowest BCUT2D eigenvalue weighted by Crippen LogP contribution is -2.33. The summed E-state index contributed by atoms with van der Waals surface area (Å²) in [6, 6.07) is 4.50. The lowest BCUT2D eigenvalue weighted by atomic mass is 10.2. The summed E-state index contributed by atoms with van der Waals surface area (Å²) >= 11 is 1.80. The molecule has 1 atom stereocenters. The molecule has 0 saturated carbocycles. The summed E-state index contributed by atoms with van der Waals surface area (Å²) in [4.78, 5) is 3.59. The molecule has 1 unspecified atom stereocenters. The van der Waals surface area contributed by atoms with E-state index in [1.165, 1.54) is 4.88 Å². The van der Waals surface area contributed by atoms with E-state index in [2.05, 4.69) is 29.5 Å². The Kier molecular flexibility index (Phi) is 4.42.